The highest BCUT2D eigenvalue weighted by Crippen LogP contribution is 2.16. The number of ether oxygens (including phenoxy) is 2. The molecule has 0 radical (unpaired) electrons. The average Bonchev–Trinajstić information content (AvgIpc) is 2.93. The third-order valence-corrected chi connectivity index (χ3v) is 6.05. The summed E-state index contributed by atoms with van der Waals surface area (Å²) in [6, 6.07) is 29.0. The number of benzene rings is 2. The molecule has 0 amide bonds. The normalized spacial score (nSPS) is 11.1. The van der Waals surface area contributed by atoms with Crippen molar-refractivity contribution < 1.29 is 9.47 Å². The van der Waals surface area contributed by atoms with Crippen molar-refractivity contribution in [1.82, 2.24) is 19.8 Å². The molecule has 36 heavy (non-hydrogen) atoms. The Kier molecular flexibility index (Phi) is 9.42. The Bertz CT molecular complexity index is 1090. The van der Waals surface area contributed by atoms with E-state index in [4.69, 9.17) is 9.47 Å². The molecule has 186 valence electrons. The van der Waals surface area contributed by atoms with Gasteiger partial charge >= 0.3 is 0 Å². The number of nitrogens with zero attached hydrogens (tertiary/aromatic N) is 4. The molecule has 0 fully saturated rings. The Morgan fingerprint density at radius 1 is 0.556 bits per heavy atom. The molecule has 4 aromatic rings. The molecule has 0 spiro atoms. The lowest BCUT2D eigenvalue weighted by Crippen LogP contribution is -2.34. The molecule has 6 nitrogen and oxygen atoms in total. The minimum Gasteiger partial charge on any atom is -0.497 e. The summed E-state index contributed by atoms with van der Waals surface area (Å²) in [5.41, 5.74) is 4.55. The molecule has 0 saturated carbocycles. The van der Waals surface area contributed by atoms with Crippen LogP contribution in [-0.4, -0.2) is 47.1 Å². The fourth-order valence-corrected chi connectivity index (χ4v) is 4.19. The molecule has 0 aliphatic heterocycles. The van der Waals surface area contributed by atoms with Gasteiger partial charge in [0.25, 0.3) is 0 Å². The maximum Gasteiger partial charge on any atom is 0.122 e. The molecule has 0 atom stereocenters. The maximum atomic E-state index is 5.42. The summed E-state index contributed by atoms with van der Waals surface area (Å²) in [6.07, 6.45) is 3.62. The van der Waals surface area contributed by atoms with Crippen molar-refractivity contribution in [2.24, 2.45) is 0 Å². The van der Waals surface area contributed by atoms with E-state index in [0.717, 1.165) is 62.2 Å². The highest BCUT2D eigenvalue weighted by Gasteiger charge is 2.14. The van der Waals surface area contributed by atoms with Crippen molar-refractivity contribution in [2.75, 3.05) is 27.3 Å². The monoisotopic (exact) mass is 482 g/mol. The van der Waals surface area contributed by atoms with Crippen LogP contribution >= 0.6 is 0 Å². The molecule has 0 N–H and O–H groups in total. The molecule has 4 rings (SSSR count). The van der Waals surface area contributed by atoms with Gasteiger partial charge in [-0.25, -0.2) is 0 Å². The Balaban J connectivity index is 1.51. The van der Waals surface area contributed by atoms with Crippen molar-refractivity contribution in [3.05, 3.63) is 120 Å². The molecular formula is C30H34N4O2. The van der Waals surface area contributed by atoms with Crippen LogP contribution in [0.5, 0.6) is 11.5 Å². The quantitative estimate of drug-likeness (QED) is 0.261. The maximum absolute atomic E-state index is 5.42. The predicted octanol–water partition coefficient (Wildman–Crippen LogP) is 5.20. The van der Waals surface area contributed by atoms with Crippen LogP contribution in [0.25, 0.3) is 0 Å². The van der Waals surface area contributed by atoms with E-state index in [1.807, 2.05) is 36.7 Å². The van der Waals surface area contributed by atoms with Crippen molar-refractivity contribution in [3.63, 3.8) is 0 Å². The smallest absolute Gasteiger partial charge is 0.122 e. The van der Waals surface area contributed by atoms with Gasteiger partial charge in [-0.3, -0.25) is 19.8 Å². The number of hydrogen-bond acceptors (Lipinski definition) is 6. The third-order valence-electron chi connectivity index (χ3n) is 6.05. The number of methoxy groups -OCH3 is 2. The van der Waals surface area contributed by atoms with Crippen LogP contribution in [0.2, 0.25) is 0 Å². The van der Waals surface area contributed by atoms with Crippen LogP contribution in [-0.2, 0) is 26.2 Å². The van der Waals surface area contributed by atoms with Gasteiger partial charge in [-0.1, -0.05) is 60.7 Å². The molecule has 2 aromatic heterocycles. The zero-order chi connectivity index (χ0) is 25.0. The molecule has 0 aliphatic carbocycles. The van der Waals surface area contributed by atoms with Crippen LogP contribution in [0.3, 0.4) is 0 Å². The Morgan fingerprint density at radius 3 is 1.36 bits per heavy atom. The molecule has 2 heterocycles. The zero-order valence-corrected chi connectivity index (χ0v) is 21.1. The van der Waals surface area contributed by atoms with Gasteiger partial charge in [0, 0.05) is 63.8 Å². The molecular weight excluding hydrogens is 448 g/mol. The topological polar surface area (TPSA) is 50.7 Å². The van der Waals surface area contributed by atoms with Crippen LogP contribution < -0.4 is 9.47 Å². The first-order valence-electron chi connectivity index (χ1n) is 12.2. The predicted molar refractivity (Wildman–Crippen MR) is 143 cm³/mol. The lowest BCUT2D eigenvalue weighted by Gasteiger charge is -2.28. The van der Waals surface area contributed by atoms with Gasteiger partial charge in [-0.2, -0.15) is 0 Å². The van der Waals surface area contributed by atoms with E-state index in [0.29, 0.717) is 0 Å². The molecule has 0 unspecified atom stereocenters. The van der Waals surface area contributed by atoms with Crippen LogP contribution in [0.1, 0.15) is 22.5 Å². The Labute approximate surface area is 214 Å². The first-order valence-corrected chi connectivity index (χ1v) is 12.2. The minimum absolute atomic E-state index is 0.739. The first-order chi connectivity index (χ1) is 17.7. The summed E-state index contributed by atoms with van der Waals surface area (Å²) >= 11 is 0. The molecule has 0 saturated heterocycles. The molecule has 0 aliphatic rings. The largest absolute Gasteiger partial charge is 0.497 e. The summed E-state index contributed by atoms with van der Waals surface area (Å²) in [7, 11) is 3.38. The van der Waals surface area contributed by atoms with Gasteiger partial charge in [0.2, 0.25) is 0 Å². The number of rotatable bonds is 13. The number of pyridine rings is 2. The summed E-state index contributed by atoms with van der Waals surface area (Å²) in [5.74, 6) is 1.66. The summed E-state index contributed by atoms with van der Waals surface area (Å²) < 4.78 is 10.8. The minimum atomic E-state index is 0.739. The van der Waals surface area contributed by atoms with Gasteiger partial charge in [0.1, 0.15) is 11.5 Å². The highest BCUT2D eigenvalue weighted by atomic mass is 16.5. The zero-order valence-electron chi connectivity index (χ0n) is 21.1. The molecule has 0 bridgehead atoms. The SMILES string of the molecule is COc1ccnc(CN(CCN(Cc2ccccc2)Cc2cc(OC)ccn2)Cc2ccccc2)c1. The van der Waals surface area contributed by atoms with Crippen molar-refractivity contribution in [3.8, 4) is 11.5 Å². The number of hydrogen-bond donors (Lipinski definition) is 0. The second-order valence-corrected chi connectivity index (χ2v) is 8.77. The fourth-order valence-electron chi connectivity index (χ4n) is 4.19. The molecule has 2 aromatic carbocycles. The van der Waals surface area contributed by atoms with Gasteiger partial charge in [-0.05, 0) is 23.3 Å². The van der Waals surface area contributed by atoms with E-state index in [1.54, 1.807) is 14.2 Å². The standard InChI is InChI=1S/C30H34N4O2/c1-35-29-13-15-31-27(19-29)23-33(21-25-9-5-3-6-10-25)17-18-34(22-26-11-7-4-8-12-26)24-28-20-30(36-2)14-16-32-28/h3-16,19-20H,17-18,21-24H2,1-2H3. The van der Waals surface area contributed by atoms with E-state index in [-0.39, 0.29) is 0 Å². The lowest BCUT2D eigenvalue weighted by molar-refractivity contribution is 0.180. The summed E-state index contributed by atoms with van der Waals surface area (Å²) in [6.45, 7) is 4.92. The van der Waals surface area contributed by atoms with Crippen molar-refractivity contribution in [2.45, 2.75) is 26.2 Å². The van der Waals surface area contributed by atoms with E-state index in [2.05, 4.69) is 80.4 Å². The lowest BCUT2D eigenvalue weighted by atomic mass is 10.2. The number of aromatic nitrogens is 2. The first kappa shape index (κ1) is 25.4. The van der Waals surface area contributed by atoms with Gasteiger partial charge in [0.15, 0.2) is 0 Å². The molecule has 6 heteroatoms. The van der Waals surface area contributed by atoms with Crippen molar-refractivity contribution >= 4 is 0 Å². The second-order valence-electron chi connectivity index (χ2n) is 8.77. The highest BCUT2D eigenvalue weighted by molar-refractivity contribution is 5.24. The van der Waals surface area contributed by atoms with Gasteiger partial charge in [0.05, 0.1) is 25.6 Å². The van der Waals surface area contributed by atoms with E-state index < -0.39 is 0 Å². The fraction of sp³-hybridized carbons (Fsp3) is 0.267. The Morgan fingerprint density at radius 2 is 0.972 bits per heavy atom. The summed E-state index contributed by atoms with van der Waals surface area (Å²) in [5, 5.41) is 0. The van der Waals surface area contributed by atoms with E-state index in [1.165, 1.54) is 11.1 Å². The van der Waals surface area contributed by atoms with E-state index >= 15 is 0 Å². The van der Waals surface area contributed by atoms with Crippen LogP contribution in [0.4, 0.5) is 0 Å². The van der Waals surface area contributed by atoms with Crippen molar-refractivity contribution in [1.29, 1.82) is 0 Å². The van der Waals surface area contributed by atoms with Gasteiger partial charge < -0.3 is 9.47 Å². The summed E-state index contributed by atoms with van der Waals surface area (Å²) in [4.78, 5) is 14.1. The van der Waals surface area contributed by atoms with Crippen LogP contribution in [0.15, 0.2) is 97.3 Å². The second kappa shape index (κ2) is 13.4. The van der Waals surface area contributed by atoms with Gasteiger partial charge in [-0.15, -0.1) is 0 Å². The van der Waals surface area contributed by atoms with E-state index in [9.17, 15) is 0 Å². The average molecular weight is 483 g/mol. The third kappa shape index (κ3) is 7.90. The van der Waals surface area contributed by atoms with Crippen LogP contribution in [0, 0.1) is 0 Å². The Hall–Kier alpha value is -3.74.